The number of nitrogens with zero attached hydrogens (tertiary/aromatic N) is 1. The smallest absolute Gasteiger partial charge is 0.0580 e. The van der Waals surface area contributed by atoms with Crippen molar-refractivity contribution in [3.63, 3.8) is 0 Å². The summed E-state index contributed by atoms with van der Waals surface area (Å²) in [7, 11) is 0. The molecule has 106 valence electrons. The summed E-state index contributed by atoms with van der Waals surface area (Å²) >= 11 is 0. The van der Waals surface area contributed by atoms with Crippen molar-refractivity contribution >= 4 is 0 Å². The minimum atomic E-state index is 0.247. The van der Waals surface area contributed by atoms with Gasteiger partial charge in [0.15, 0.2) is 0 Å². The van der Waals surface area contributed by atoms with Crippen LogP contribution in [0.4, 0.5) is 0 Å². The van der Waals surface area contributed by atoms with E-state index in [1.165, 1.54) is 27.8 Å². The van der Waals surface area contributed by atoms with Crippen LogP contribution in [0.2, 0.25) is 0 Å². The molecule has 0 aliphatic rings. The normalized spacial score (nSPS) is 12.4. The molecule has 0 aliphatic carbocycles. The lowest BCUT2D eigenvalue weighted by molar-refractivity contribution is 0.595. The highest BCUT2D eigenvalue weighted by molar-refractivity contribution is 5.39. The molecule has 1 aromatic heterocycles. The zero-order chi connectivity index (χ0) is 14.5. The Morgan fingerprint density at radius 2 is 1.85 bits per heavy atom. The number of rotatable bonds is 5. The second-order valence-electron chi connectivity index (χ2n) is 5.46. The fourth-order valence-electron chi connectivity index (χ4n) is 2.45. The molecule has 0 bridgehead atoms. The Morgan fingerprint density at radius 1 is 1.05 bits per heavy atom. The fourth-order valence-corrected chi connectivity index (χ4v) is 2.45. The van der Waals surface area contributed by atoms with E-state index in [2.05, 4.69) is 62.3 Å². The second kappa shape index (κ2) is 6.67. The maximum Gasteiger partial charge on any atom is 0.0580 e. The summed E-state index contributed by atoms with van der Waals surface area (Å²) in [5, 5.41) is 3.66. The van der Waals surface area contributed by atoms with Crippen molar-refractivity contribution < 1.29 is 0 Å². The van der Waals surface area contributed by atoms with Gasteiger partial charge in [0.2, 0.25) is 0 Å². The van der Waals surface area contributed by atoms with E-state index in [0.717, 1.165) is 13.0 Å². The summed E-state index contributed by atoms with van der Waals surface area (Å²) in [4.78, 5) is 4.21. The first-order valence-corrected chi connectivity index (χ1v) is 7.34. The van der Waals surface area contributed by atoms with Crippen LogP contribution in [0.3, 0.4) is 0 Å². The van der Waals surface area contributed by atoms with Gasteiger partial charge in [0, 0.05) is 12.4 Å². The van der Waals surface area contributed by atoms with Gasteiger partial charge in [0.25, 0.3) is 0 Å². The minimum Gasteiger partial charge on any atom is -0.306 e. The van der Waals surface area contributed by atoms with Crippen LogP contribution in [0.25, 0.3) is 0 Å². The SMILES string of the molecule is CCCNC(c1ccc(C)c(C)c1)c1ccncc1C. The van der Waals surface area contributed by atoms with E-state index in [1.54, 1.807) is 0 Å². The number of benzene rings is 1. The Labute approximate surface area is 122 Å². The topological polar surface area (TPSA) is 24.9 Å². The van der Waals surface area contributed by atoms with Crippen molar-refractivity contribution in [1.29, 1.82) is 0 Å². The zero-order valence-corrected chi connectivity index (χ0v) is 12.9. The Kier molecular flexibility index (Phi) is 4.91. The molecule has 2 nitrogen and oxygen atoms in total. The number of pyridine rings is 1. The van der Waals surface area contributed by atoms with Crippen molar-refractivity contribution in [2.24, 2.45) is 0 Å². The first-order valence-electron chi connectivity index (χ1n) is 7.34. The van der Waals surface area contributed by atoms with E-state index in [9.17, 15) is 0 Å². The van der Waals surface area contributed by atoms with E-state index in [-0.39, 0.29) is 6.04 Å². The minimum absolute atomic E-state index is 0.247. The molecule has 0 aliphatic heterocycles. The number of nitrogens with one attached hydrogen (secondary N) is 1. The van der Waals surface area contributed by atoms with Crippen molar-refractivity contribution in [3.05, 3.63) is 64.5 Å². The number of aryl methyl sites for hydroxylation is 3. The van der Waals surface area contributed by atoms with E-state index in [0.29, 0.717) is 0 Å². The Bertz CT molecular complexity index is 575. The second-order valence-corrected chi connectivity index (χ2v) is 5.46. The Hall–Kier alpha value is -1.67. The lowest BCUT2D eigenvalue weighted by Crippen LogP contribution is -2.24. The molecule has 2 rings (SSSR count). The highest BCUT2D eigenvalue weighted by Gasteiger charge is 2.15. The number of aromatic nitrogens is 1. The molecule has 0 spiro atoms. The summed E-state index contributed by atoms with van der Waals surface area (Å²) in [6.07, 6.45) is 4.95. The average Bonchev–Trinajstić information content (AvgIpc) is 2.44. The van der Waals surface area contributed by atoms with Gasteiger partial charge in [-0.15, -0.1) is 0 Å². The largest absolute Gasteiger partial charge is 0.306 e. The van der Waals surface area contributed by atoms with Crippen LogP contribution >= 0.6 is 0 Å². The standard InChI is InChI=1S/C18H24N2/c1-5-9-20-18(17-8-10-19-12-15(17)4)16-7-6-13(2)14(3)11-16/h6-8,10-12,18,20H,5,9H2,1-4H3. The van der Waals surface area contributed by atoms with Crippen molar-refractivity contribution in [3.8, 4) is 0 Å². The van der Waals surface area contributed by atoms with Gasteiger partial charge in [-0.1, -0.05) is 25.1 Å². The Morgan fingerprint density at radius 3 is 2.50 bits per heavy atom. The van der Waals surface area contributed by atoms with Gasteiger partial charge in [0.05, 0.1) is 6.04 Å². The van der Waals surface area contributed by atoms with Gasteiger partial charge in [-0.25, -0.2) is 0 Å². The third-order valence-corrected chi connectivity index (χ3v) is 3.84. The lowest BCUT2D eigenvalue weighted by atomic mass is 9.94. The maximum atomic E-state index is 4.21. The van der Waals surface area contributed by atoms with Crippen molar-refractivity contribution in [1.82, 2.24) is 10.3 Å². The molecule has 2 aromatic rings. The number of hydrogen-bond donors (Lipinski definition) is 1. The van der Waals surface area contributed by atoms with Gasteiger partial charge in [-0.2, -0.15) is 0 Å². The third kappa shape index (κ3) is 3.26. The van der Waals surface area contributed by atoms with Gasteiger partial charge < -0.3 is 5.32 Å². The predicted molar refractivity (Wildman–Crippen MR) is 85.0 cm³/mol. The Balaban J connectivity index is 2.41. The van der Waals surface area contributed by atoms with Crippen LogP contribution in [0.5, 0.6) is 0 Å². The third-order valence-electron chi connectivity index (χ3n) is 3.84. The zero-order valence-electron chi connectivity index (χ0n) is 12.9. The van der Waals surface area contributed by atoms with Crippen LogP contribution in [0, 0.1) is 20.8 Å². The van der Waals surface area contributed by atoms with Crippen LogP contribution in [0.1, 0.15) is 47.2 Å². The van der Waals surface area contributed by atoms with E-state index >= 15 is 0 Å². The highest BCUT2D eigenvalue weighted by Crippen LogP contribution is 2.26. The molecular formula is C18H24N2. The van der Waals surface area contributed by atoms with Crippen LogP contribution < -0.4 is 5.32 Å². The molecular weight excluding hydrogens is 244 g/mol. The first kappa shape index (κ1) is 14.7. The molecule has 1 unspecified atom stereocenters. The monoisotopic (exact) mass is 268 g/mol. The molecule has 1 heterocycles. The molecule has 1 N–H and O–H groups in total. The predicted octanol–water partition coefficient (Wildman–Crippen LogP) is 4.10. The summed E-state index contributed by atoms with van der Waals surface area (Å²) in [6.45, 7) is 9.67. The molecule has 0 fully saturated rings. The summed E-state index contributed by atoms with van der Waals surface area (Å²) in [5.74, 6) is 0. The molecule has 0 saturated carbocycles. The molecule has 1 aromatic carbocycles. The molecule has 20 heavy (non-hydrogen) atoms. The molecule has 0 amide bonds. The first-order chi connectivity index (χ1) is 9.63. The summed E-state index contributed by atoms with van der Waals surface area (Å²) < 4.78 is 0. The number of hydrogen-bond acceptors (Lipinski definition) is 2. The van der Waals surface area contributed by atoms with Crippen molar-refractivity contribution in [2.75, 3.05) is 6.54 Å². The maximum absolute atomic E-state index is 4.21. The molecule has 0 saturated heterocycles. The van der Waals surface area contributed by atoms with Gasteiger partial charge in [-0.05, 0) is 67.6 Å². The van der Waals surface area contributed by atoms with Gasteiger partial charge in [0.1, 0.15) is 0 Å². The average molecular weight is 268 g/mol. The van der Waals surface area contributed by atoms with Crippen LogP contribution in [-0.2, 0) is 0 Å². The van der Waals surface area contributed by atoms with E-state index in [4.69, 9.17) is 0 Å². The van der Waals surface area contributed by atoms with Gasteiger partial charge in [-0.3, -0.25) is 4.98 Å². The van der Waals surface area contributed by atoms with Crippen LogP contribution in [0.15, 0.2) is 36.7 Å². The molecule has 1 atom stereocenters. The summed E-state index contributed by atoms with van der Waals surface area (Å²) in [5.41, 5.74) is 6.57. The lowest BCUT2D eigenvalue weighted by Gasteiger charge is -2.22. The van der Waals surface area contributed by atoms with Crippen LogP contribution in [-0.4, -0.2) is 11.5 Å². The van der Waals surface area contributed by atoms with E-state index in [1.807, 2.05) is 12.4 Å². The van der Waals surface area contributed by atoms with E-state index < -0.39 is 0 Å². The fraction of sp³-hybridized carbons (Fsp3) is 0.389. The molecule has 2 heteroatoms. The highest BCUT2D eigenvalue weighted by atomic mass is 14.9. The van der Waals surface area contributed by atoms with Gasteiger partial charge >= 0.3 is 0 Å². The molecule has 0 radical (unpaired) electrons. The quantitative estimate of drug-likeness (QED) is 0.883. The summed E-state index contributed by atoms with van der Waals surface area (Å²) in [6, 6.07) is 9.11. The van der Waals surface area contributed by atoms with Crippen molar-refractivity contribution in [2.45, 2.75) is 40.2 Å².